The fourth-order valence-corrected chi connectivity index (χ4v) is 1.59. The van der Waals surface area contributed by atoms with Crippen LogP contribution in [0.3, 0.4) is 0 Å². The maximum Gasteiger partial charge on any atom is 0.171 e. The van der Waals surface area contributed by atoms with E-state index in [1.165, 1.54) is 0 Å². The number of aromatic nitrogens is 1. The lowest BCUT2D eigenvalue weighted by Gasteiger charge is -2.20. The van der Waals surface area contributed by atoms with Crippen LogP contribution in [0.2, 0.25) is 0 Å². The quantitative estimate of drug-likeness (QED) is 0.701. The van der Waals surface area contributed by atoms with Gasteiger partial charge in [-0.15, -0.1) is 0 Å². The molecule has 1 heterocycles. The van der Waals surface area contributed by atoms with Crippen molar-refractivity contribution in [3.63, 3.8) is 0 Å². The molecule has 1 rings (SSSR count). The second-order valence-electron chi connectivity index (χ2n) is 4.05. The number of pyridine rings is 1. The summed E-state index contributed by atoms with van der Waals surface area (Å²) in [4.78, 5) is 6.53. The molecule has 4 heteroatoms. The molecule has 0 aliphatic rings. The highest BCUT2D eigenvalue weighted by atomic mass is 16.5. The minimum absolute atomic E-state index is 0.739. The van der Waals surface area contributed by atoms with E-state index in [4.69, 9.17) is 4.74 Å². The van der Waals surface area contributed by atoms with Crippen LogP contribution in [0, 0.1) is 0 Å². The summed E-state index contributed by atoms with van der Waals surface area (Å²) < 4.78 is 5.69. The maximum absolute atomic E-state index is 5.69. The molecular weight excluding hydrogens is 214 g/mol. The molecule has 4 nitrogen and oxygen atoms in total. The Hall–Kier alpha value is -1.29. The first-order valence-corrected chi connectivity index (χ1v) is 6.23. The molecule has 1 aromatic heterocycles. The molecule has 96 valence electrons. The summed E-state index contributed by atoms with van der Waals surface area (Å²) in [5.74, 6) is 1.80. The molecule has 1 aromatic rings. The number of hydrogen-bond donors (Lipinski definition) is 1. The number of rotatable bonds is 8. The SMILES string of the molecule is CCCOc1cccnc1N(C)CCCNC. The van der Waals surface area contributed by atoms with Gasteiger partial charge in [-0.2, -0.15) is 0 Å². The van der Waals surface area contributed by atoms with Crippen molar-refractivity contribution in [3.8, 4) is 5.75 Å². The van der Waals surface area contributed by atoms with E-state index < -0.39 is 0 Å². The number of anilines is 1. The Morgan fingerprint density at radius 3 is 3.00 bits per heavy atom. The van der Waals surface area contributed by atoms with Crippen molar-refractivity contribution in [2.45, 2.75) is 19.8 Å². The van der Waals surface area contributed by atoms with Crippen molar-refractivity contribution >= 4 is 5.82 Å². The summed E-state index contributed by atoms with van der Waals surface area (Å²) in [6, 6.07) is 3.89. The third kappa shape index (κ3) is 4.61. The normalized spacial score (nSPS) is 10.3. The van der Waals surface area contributed by atoms with E-state index in [9.17, 15) is 0 Å². The van der Waals surface area contributed by atoms with Gasteiger partial charge < -0.3 is 15.0 Å². The average molecular weight is 237 g/mol. The van der Waals surface area contributed by atoms with Crippen LogP contribution in [0.15, 0.2) is 18.3 Å². The van der Waals surface area contributed by atoms with Gasteiger partial charge in [0.05, 0.1) is 6.61 Å². The van der Waals surface area contributed by atoms with Crippen LogP contribution < -0.4 is 15.0 Å². The zero-order valence-electron chi connectivity index (χ0n) is 11.1. The molecule has 0 fully saturated rings. The molecule has 0 unspecified atom stereocenters. The smallest absolute Gasteiger partial charge is 0.171 e. The third-order valence-electron chi connectivity index (χ3n) is 2.49. The van der Waals surface area contributed by atoms with Gasteiger partial charge in [0.1, 0.15) is 0 Å². The minimum Gasteiger partial charge on any atom is -0.490 e. The molecule has 0 atom stereocenters. The molecule has 0 aliphatic heterocycles. The van der Waals surface area contributed by atoms with Crippen LogP contribution in [-0.2, 0) is 0 Å². The van der Waals surface area contributed by atoms with Gasteiger partial charge in [0.2, 0.25) is 0 Å². The summed E-state index contributed by atoms with van der Waals surface area (Å²) in [5, 5.41) is 3.15. The number of hydrogen-bond acceptors (Lipinski definition) is 4. The first kappa shape index (κ1) is 13.8. The highest BCUT2D eigenvalue weighted by Gasteiger charge is 2.08. The second kappa shape index (κ2) is 7.90. The van der Waals surface area contributed by atoms with Crippen molar-refractivity contribution in [3.05, 3.63) is 18.3 Å². The summed E-state index contributed by atoms with van der Waals surface area (Å²) in [5.41, 5.74) is 0. The lowest BCUT2D eigenvalue weighted by molar-refractivity contribution is 0.316. The Labute approximate surface area is 104 Å². The van der Waals surface area contributed by atoms with Crippen molar-refractivity contribution in [2.75, 3.05) is 38.7 Å². The van der Waals surface area contributed by atoms with Crippen molar-refractivity contribution in [1.29, 1.82) is 0 Å². The van der Waals surface area contributed by atoms with E-state index in [1.807, 2.05) is 25.4 Å². The second-order valence-corrected chi connectivity index (χ2v) is 4.05. The van der Waals surface area contributed by atoms with Crippen LogP contribution in [-0.4, -0.2) is 38.8 Å². The van der Waals surface area contributed by atoms with Gasteiger partial charge in [-0.1, -0.05) is 6.92 Å². The van der Waals surface area contributed by atoms with E-state index in [1.54, 1.807) is 0 Å². The largest absolute Gasteiger partial charge is 0.490 e. The lowest BCUT2D eigenvalue weighted by Crippen LogP contribution is -2.23. The average Bonchev–Trinajstić information content (AvgIpc) is 2.37. The molecule has 0 spiro atoms. The van der Waals surface area contributed by atoms with Crippen LogP contribution in [0.5, 0.6) is 5.75 Å². The molecule has 0 saturated carbocycles. The fourth-order valence-electron chi connectivity index (χ4n) is 1.59. The Kier molecular flexibility index (Phi) is 6.40. The Bertz CT molecular complexity index is 317. The first-order chi connectivity index (χ1) is 8.29. The van der Waals surface area contributed by atoms with Gasteiger partial charge >= 0.3 is 0 Å². The number of nitrogens with zero attached hydrogens (tertiary/aromatic N) is 2. The zero-order valence-corrected chi connectivity index (χ0v) is 11.1. The molecule has 0 saturated heterocycles. The number of nitrogens with one attached hydrogen (secondary N) is 1. The lowest BCUT2D eigenvalue weighted by atomic mass is 10.3. The van der Waals surface area contributed by atoms with Crippen LogP contribution in [0.1, 0.15) is 19.8 Å². The van der Waals surface area contributed by atoms with Gasteiger partial charge in [0, 0.05) is 19.8 Å². The standard InChI is InChI=1S/C13H23N3O/c1-4-11-17-12-7-5-9-15-13(12)16(3)10-6-8-14-2/h5,7,9,14H,4,6,8,10-11H2,1-3H3. The Balaban J connectivity index is 2.60. The first-order valence-electron chi connectivity index (χ1n) is 6.23. The zero-order chi connectivity index (χ0) is 12.5. The Morgan fingerprint density at radius 1 is 1.47 bits per heavy atom. The van der Waals surface area contributed by atoms with E-state index >= 15 is 0 Å². The molecule has 0 bridgehead atoms. The summed E-state index contributed by atoms with van der Waals surface area (Å²) >= 11 is 0. The molecule has 1 N–H and O–H groups in total. The topological polar surface area (TPSA) is 37.4 Å². The van der Waals surface area contributed by atoms with Crippen LogP contribution >= 0.6 is 0 Å². The van der Waals surface area contributed by atoms with Crippen molar-refractivity contribution in [1.82, 2.24) is 10.3 Å². The number of ether oxygens (including phenoxy) is 1. The predicted octanol–water partition coefficient (Wildman–Crippen LogP) is 1.92. The molecule has 0 radical (unpaired) electrons. The van der Waals surface area contributed by atoms with E-state index in [2.05, 4.69) is 29.2 Å². The fraction of sp³-hybridized carbons (Fsp3) is 0.615. The van der Waals surface area contributed by atoms with Gasteiger partial charge in [0.15, 0.2) is 11.6 Å². The molecule has 0 aromatic carbocycles. The predicted molar refractivity (Wildman–Crippen MR) is 71.8 cm³/mol. The Morgan fingerprint density at radius 2 is 2.29 bits per heavy atom. The van der Waals surface area contributed by atoms with Gasteiger partial charge in [-0.25, -0.2) is 4.98 Å². The van der Waals surface area contributed by atoms with Gasteiger partial charge in [-0.05, 0) is 38.6 Å². The monoisotopic (exact) mass is 237 g/mol. The van der Waals surface area contributed by atoms with Crippen molar-refractivity contribution < 1.29 is 4.74 Å². The summed E-state index contributed by atoms with van der Waals surface area (Å²) in [6.07, 6.45) is 3.91. The third-order valence-corrected chi connectivity index (χ3v) is 2.49. The highest BCUT2D eigenvalue weighted by molar-refractivity contribution is 5.51. The van der Waals surface area contributed by atoms with Gasteiger partial charge in [0.25, 0.3) is 0 Å². The minimum atomic E-state index is 0.739. The molecule has 0 amide bonds. The highest BCUT2D eigenvalue weighted by Crippen LogP contribution is 2.24. The molecular formula is C13H23N3O. The van der Waals surface area contributed by atoms with Crippen LogP contribution in [0.4, 0.5) is 5.82 Å². The van der Waals surface area contributed by atoms with Crippen LogP contribution in [0.25, 0.3) is 0 Å². The summed E-state index contributed by atoms with van der Waals surface area (Å²) in [6.45, 7) is 4.83. The van der Waals surface area contributed by atoms with E-state index in [-0.39, 0.29) is 0 Å². The molecule has 17 heavy (non-hydrogen) atoms. The van der Waals surface area contributed by atoms with E-state index in [0.717, 1.165) is 44.1 Å². The molecule has 0 aliphatic carbocycles. The summed E-state index contributed by atoms with van der Waals surface area (Å²) in [7, 11) is 4.02. The maximum atomic E-state index is 5.69. The van der Waals surface area contributed by atoms with Gasteiger partial charge in [-0.3, -0.25) is 0 Å². The van der Waals surface area contributed by atoms with E-state index in [0.29, 0.717) is 0 Å². The van der Waals surface area contributed by atoms with Crippen molar-refractivity contribution in [2.24, 2.45) is 0 Å².